The second kappa shape index (κ2) is 6.51. The summed E-state index contributed by atoms with van der Waals surface area (Å²) in [7, 11) is 0. The van der Waals surface area contributed by atoms with E-state index in [2.05, 4.69) is 80.5 Å². The molecule has 110 valence electrons. The van der Waals surface area contributed by atoms with Gasteiger partial charge >= 0.3 is 0 Å². The lowest BCUT2D eigenvalue weighted by Crippen LogP contribution is -2.23. The summed E-state index contributed by atoms with van der Waals surface area (Å²) in [6.45, 7) is 3.81. The first kappa shape index (κ1) is 15.1. The standard InChI is InChI=1S/C17H17Br2NO/c1-2-20-16(13-7-6-12(18)10-15(13)19)14-5-3-4-11-8-9-21-17(11)14/h3-7,10,16,20H,2,8-9H2,1H3. The van der Waals surface area contributed by atoms with Crippen molar-refractivity contribution in [2.75, 3.05) is 13.2 Å². The maximum Gasteiger partial charge on any atom is 0.127 e. The minimum absolute atomic E-state index is 0.130. The molecule has 2 aromatic rings. The van der Waals surface area contributed by atoms with Gasteiger partial charge in [0.1, 0.15) is 5.75 Å². The minimum atomic E-state index is 0.130. The molecule has 0 aliphatic carbocycles. The Hall–Kier alpha value is -0.840. The van der Waals surface area contributed by atoms with Gasteiger partial charge in [0, 0.05) is 20.9 Å². The smallest absolute Gasteiger partial charge is 0.127 e. The van der Waals surface area contributed by atoms with Crippen molar-refractivity contribution in [1.29, 1.82) is 0 Å². The fourth-order valence-electron chi connectivity index (χ4n) is 2.80. The number of halogens is 2. The molecule has 1 unspecified atom stereocenters. The van der Waals surface area contributed by atoms with Crippen LogP contribution in [0.15, 0.2) is 45.3 Å². The van der Waals surface area contributed by atoms with Crippen LogP contribution in [-0.2, 0) is 6.42 Å². The van der Waals surface area contributed by atoms with Gasteiger partial charge in [-0.15, -0.1) is 0 Å². The Bertz CT molecular complexity index is 657. The van der Waals surface area contributed by atoms with Gasteiger partial charge in [-0.1, -0.05) is 63.0 Å². The van der Waals surface area contributed by atoms with E-state index < -0.39 is 0 Å². The first-order valence-electron chi connectivity index (χ1n) is 7.13. The van der Waals surface area contributed by atoms with E-state index in [0.717, 1.165) is 34.3 Å². The molecular formula is C17H17Br2NO. The Kier molecular flexibility index (Phi) is 4.67. The lowest BCUT2D eigenvalue weighted by atomic mass is 9.96. The third-order valence-electron chi connectivity index (χ3n) is 3.74. The summed E-state index contributed by atoms with van der Waals surface area (Å²) in [5.41, 5.74) is 3.75. The fourth-order valence-corrected chi connectivity index (χ4v) is 4.07. The summed E-state index contributed by atoms with van der Waals surface area (Å²) in [6, 6.07) is 12.9. The molecule has 0 fully saturated rings. The summed E-state index contributed by atoms with van der Waals surface area (Å²) in [6.07, 6.45) is 1.00. The summed E-state index contributed by atoms with van der Waals surface area (Å²) in [5.74, 6) is 1.05. The zero-order chi connectivity index (χ0) is 14.8. The van der Waals surface area contributed by atoms with E-state index in [0.29, 0.717) is 0 Å². The van der Waals surface area contributed by atoms with E-state index in [1.165, 1.54) is 16.7 Å². The van der Waals surface area contributed by atoms with Gasteiger partial charge in [0.25, 0.3) is 0 Å². The average Bonchev–Trinajstić information content (AvgIpc) is 2.94. The number of nitrogens with one attached hydrogen (secondary N) is 1. The van der Waals surface area contributed by atoms with Gasteiger partial charge in [0.15, 0.2) is 0 Å². The van der Waals surface area contributed by atoms with Crippen LogP contribution in [0.1, 0.15) is 29.7 Å². The molecule has 0 spiro atoms. The molecule has 1 aliphatic rings. The highest BCUT2D eigenvalue weighted by molar-refractivity contribution is 9.11. The molecular weight excluding hydrogens is 394 g/mol. The van der Waals surface area contributed by atoms with E-state index in [1.54, 1.807) is 0 Å². The molecule has 21 heavy (non-hydrogen) atoms. The molecule has 0 radical (unpaired) electrons. The quantitative estimate of drug-likeness (QED) is 0.778. The predicted molar refractivity (Wildman–Crippen MR) is 93.0 cm³/mol. The van der Waals surface area contributed by atoms with Gasteiger partial charge in [0.2, 0.25) is 0 Å². The molecule has 1 aliphatic heterocycles. The first-order chi connectivity index (χ1) is 10.2. The number of hydrogen-bond acceptors (Lipinski definition) is 2. The molecule has 2 nitrogen and oxygen atoms in total. The van der Waals surface area contributed by atoms with Crippen LogP contribution in [0, 0.1) is 0 Å². The number of para-hydroxylation sites is 1. The monoisotopic (exact) mass is 409 g/mol. The van der Waals surface area contributed by atoms with Crippen LogP contribution >= 0.6 is 31.9 Å². The van der Waals surface area contributed by atoms with E-state index >= 15 is 0 Å². The van der Waals surface area contributed by atoms with Crippen molar-refractivity contribution >= 4 is 31.9 Å². The zero-order valence-electron chi connectivity index (χ0n) is 11.8. The van der Waals surface area contributed by atoms with Gasteiger partial charge in [-0.2, -0.15) is 0 Å². The van der Waals surface area contributed by atoms with E-state index in [1.807, 2.05) is 0 Å². The Morgan fingerprint density at radius 2 is 2.05 bits per heavy atom. The van der Waals surface area contributed by atoms with Crippen LogP contribution < -0.4 is 10.1 Å². The lowest BCUT2D eigenvalue weighted by Gasteiger charge is -2.22. The van der Waals surface area contributed by atoms with Crippen molar-refractivity contribution in [2.45, 2.75) is 19.4 Å². The number of rotatable bonds is 4. The normalized spacial score (nSPS) is 14.6. The SMILES string of the molecule is CCNC(c1ccc(Br)cc1Br)c1cccc2c1OCC2. The minimum Gasteiger partial charge on any atom is -0.493 e. The number of benzene rings is 2. The van der Waals surface area contributed by atoms with Gasteiger partial charge in [0.05, 0.1) is 12.6 Å². The second-order valence-corrected chi connectivity index (χ2v) is 6.86. The largest absolute Gasteiger partial charge is 0.493 e. The van der Waals surface area contributed by atoms with E-state index in [-0.39, 0.29) is 6.04 Å². The topological polar surface area (TPSA) is 21.3 Å². The second-order valence-electron chi connectivity index (χ2n) is 5.09. The zero-order valence-corrected chi connectivity index (χ0v) is 15.0. The summed E-state index contributed by atoms with van der Waals surface area (Å²) >= 11 is 7.20. The third-order valence-corrected chi connectivity index (χ3v) is 4.92. The fraction of sp³-hybridized carbons (Fsp3) is 0.294. The molecule has 1 N–H and O–H groups in total. The van der Waals surface area contributed by atoms with Crippen LogP contribution in [-0.4, -0.2) is 13.2 Å². The summed E-state index contributed by atoms with van der Waals surface area (Å²) in [4.78, 5) is 0. The molecule has 3 rings (SSSR count). The van der Waals surface area contributed by atoms with Crippen molar-refractivity contribution in [3.63, 3.8) is 0 Å². The van der Waals surface area contributed by atoms with Crippen LogP contribution in [0.3, 0.4) is 0 Å². The molecule has 4 heteroatoms. The molecule has 0 aromatic heterocycles. The molecule has 1 atom stereocenters. The van der Waals surface area contributed by atoms with Gasteiger partial charge in [-0.3, -0.25) is 0 Å². The lowest BCUT2D eigenvalue weighted by molar-refractivity contribution is 0.350. The maximum absolute atomic E-state index is 5.88. The van der Waals surface area contributed by atoms with Gasteiger partial charge in [-0.25, -0.2) is 0 Å². The molecule has 0 amide bonds. The van der Waals surface area contributed by atoms with Gasteiger partial charge < -0.3 is 10.1 Å². The average molecular weight is 411 g/mol. The summed E-state index contributed by atoms with van der Waals surface area (Å²) < 4.78 is 8.05. The number of ether oxygens (including phenoxy) is 1. The third kappa shape index (κ3) is 3.03. The van der Waals surface area contributed by atoms with Crippen molar-refractivity contribution in [1.82, 2.24) is 5.32 Å². The van der Waals surface area contributed by atoms with Gasteiger partial charge in [-0.05, 0) is 29.8 Å². The van der Waals surface area contributed by atoms with Crippen molar-refractivity contribution in [2.24, 2.45) is 0 Å². The van der Waals surface area contributed by atoms with Crippen molar-refractivity contribution < 1.29 is 4.74 Å². The Balaban J connectivity index is 2.08. The maximum atomic E-state index is 5.88. The molecule has 0 bridgehead atoms. The molecule has 0 saturated carbocycles. The molecule has 0 saturated heterocycles. The van der Waals surface area contributed by atoms with Crippen LogP contribution in [0.25, 0.3) is 0 Å². The Labute approximate surface area is 142 Å². The molecule has 1 heterocycles. The highest BCUT2D eigenvalue weighted by Gasteiger charge is 2.24. The van der Waals surface area contributed by atoms with E-state index in [9.17, 15) is 0 Å². The highest BCUT2D eigenvalue weighted by atomic mass is 79.9. The Morgan fingerprint density at radius 3 is 2.81 bits per heavy atom. The van der Waals surface area contributed by atoms with Crippen molar-refractivity contribution in [3.8, 4) is 5.75 Å². The molecule has 2 aromatic carbocycles. The predicted octanol–water partition coefficient (Wildman–Crippen LogP) is 4.85. The number of fused-ring (bicyclic) bond motifs is 1. The highest BCUT2D eigenvalue weighted by Crippen LogP contribution is 2.38. The Morgan fingerprint density at radius 1 is 1.19 bits per heavy atom. The van der Waals surface area contributed by atoms with Crippen LogP contribution in [0.5, 0.6) is 5.75 Å². The number of hydrogen-bond donors (Lipinski definition) is 1. The summed E-state index contributed by atoms with van der Waals surface area (Å²) in [5, 5.41) is 3.58. The van der Waals surface area contributed by atoms with Crippen LogP contribution in [0.2, 0.25) is 0 Å². The van der Waals surface area contributed by atoms with Crippen LogP contribution in [0.4, 0.5) is 0 Å². The van der Waals surface area contributed by atoms with E-state index in [4.69, 9.17) is 4.74 Å². The first-order valence-corrected chi connectivity index (χ1v) is 8.72. The van der Waals surface area contributed by atoms with Crippen molar-refractivity contribution in [3.05, 3.63) is 62.0 Å².